The lowest BCUT2D eigenvalue weighted by molar-refractivity contribution is 0.0410. The number of benzene rings is 2. The molecule has 0 spiro atoms. The molecule has 2 aromatic heterocycles. The fourth-order valence-corrected chi connectivity index (χ4v) is 5.13. The summed E-state index contributed by atoms with van der Waals surface area (Å²) in [7, 11) is 0. The molecule has 188 valence electrons. The predicted molar refractivity (Wildman–Crippen MR) is 142 cm³/mol. The van der Waals surface area contributed by atoms with E-state index in [0.717, 1.165) is 72.7 Å². The van der Waals surface area contributed by atoms with Crippen molar-refractivity contribution in [2.75, 3.05) is 43.9 Å². The predicted octanol–water partition coefficient (Wildman–Crippen LogP) is 4.81. The van der Waals surface area contributed by atoms with Gasteiger partial charge in [0, 0.05) is 44.4 Å². The fourth-order valence-electron chi connectivity index (χ4n) is 4.29. The number of hydrogen-bond donors (Lipinski definition) is 1. The zero-order valence-electron chi connectivity index (χ0n) is 20.4. The normalized spacial score (nSPS) is 15.3. The summed E-state index contributed by atoms with van der Waals surface area (Å²) in [4.78, 5) is 12.2. The molecule has 1 saturated heterocycles. The molecule has 1 aliphatic rings. The van der Waals surface area contributed by atoms with Crippen LogP contribution in [0.3, 0.4) is 0 Å². The zero-order chi connectivity index (χ0) is 24.7. The van der Waals surface area contributed by atoms with Gasteiger partial charge < -0.3 is 10.1 Å². The van der Waals surface area contributed by atoms with Crippen molar-refractivity contribution in [2.24, 2.45) is 0 Å². The number of morpholine rings is 1. The molecule has 1 aliphatic heterocycles. The number of nitrogens with zero attached hydrogens (tertiary/aromatic N) is 5. The van der Waals surface area contributed by atoms with E-state index in [9.17, 15) is 4.39 Å². The Morgan fingerprint density at radius 3 is 2.61 bits per heavy atom. The van der Waals surface area contributed by atoms with Crippen LogP contribution in [0.5, 0.6) is 0 Å². The van der Waals surface area contributed by atoms with Crippen molar-refractivity contribution >= 4 is 28.6 Å². The van der Waals surface area contributed by atoms with Gasteiger partial charge in [0.1, 0.15) is 11.6 Å². The third-order valence-electron chi connectivity index (χ3n) is 6.41. The Balaban J connectivity index is 1.37. The highest BCUT2D eigenvalue weighted by atomic mass is 32.2. The third-order valence-corrected chi connectivity index (χ3v) is 7.23. The van der Waals surface area contributed by atoms with Gasteiger partial charge in [-0.3, -0.25) is 4.90 Å². The van der Waals surface area contributed by atoms with E-state index in [1.165, 1.54) is 17.7 Å². The van der Waals surface area contributed by atoms with Crippen molar-refractivity contribution in [3.8, 4) is 0 Å². The summed E-state index contributed by atoms with van der Waals surface area (Å²) >= 11 is 1.66. The van der Waals surface area contributed by atoms with Gasteiger partial charge in [-0.15, -0.1) is 0 Å². The molecule has 0 saturated carbocycles. The molecule has 1 fully saturated rings. The van der Waals surface area contributed by atoms with Gasteiger partial charge in [0.15, 0.2) is 10.8 Å². The molecule has 0 bridgehead atoms. The molecule has 9 heteroatoms. The molecule has 3 heterocycles. The summed E-state index contributed by atoms with van der Waals surface area (Å²) in [5.41, 5.74) is 3.07. The topological polar surface area (TPSA) is 68.1 Å². The Morgan fingerprint density at radius 1 is 1.06 bits per heavy atom. The molecule has 2 aromatic carbocycles. The van der Waals surface area contributed by atoms with Crippen molar-refractivity contribution in [1.82, 2.24) is 24.6 Å². The van der Waals surface area contributed by atoms with Crippen LogP contribution in [0, 0.1) is 5.82 Å². The maximum absolute atomic E-state index is 13.3. The molecule has 5 rings (SSSR count). The van der Waals surface area contributed by atoms with Gasteiger partial charge >= 0.3 is 0 Å². The summed E-state index contributed by atoms with van der Waals surface area (Å²) in [6.45, 7) is 7.96. The molecule has 0 amide bonds. The van der Waals surface area contributed by atoms with Crippen LogP contribution >= 0.6 is 11.8 Å². The van der Waals surface area contributed by atoms with Gasteiger partial charge in [-0.1, -0.05) is 61.2 Å². The van der Waals surface area contributed by atoms with Crippen molar-refractivity contribution in [2.45, 2.75) is 31.1 Å². The minimum absolute atomic E-state index is 0.240. The summed E-state index contributed by atoms with van der Waals surface area (Å²) in [6, 6.07) is 17.0. The van der Waals surface area contributed by atoms with Crippen molar-refractivity contribution in [3.05, 3.63) is 77.7 Å². The van der Waals surface area contributed by atoms with E-state index >= 15 is 0 Å². The van der Waals surface area contributed by atoms with Crippen molar-refractivity contribution < 1.29 is 9.13 Å². The van der Waals surface area contributed by atoms with E-state index in [-0.39, 0.29) is 11.7 Å². The minimum atomic E-state index is -0.240. The number of anilines is 1. The number of rotatable bonds is 10. The van der Waals surface area contributed by atoms with Crippen LogP contribution in [0.1, 0.15) is 24.0 Å². The molecule has 36 heavy (non-hydrogen) atoms. The second-order valence-corrected chi connectivity index (χ2v) is 10.1. The standard InChI is InChI=1S/C27H31FN6OS/c1-20(22-5-3-2-4-6-22)19-34-26-24(18-30-34)25(29-17-21-7-9-23(28)10-8-21)31-27(32-26)36-16-13-33-11-14-35-15-12-33/h2-10,18,20H,11-17,19H2,1H3,(H,29,31,32). The second-order valence-electron chi connectivity index (χ2n) is 9.01. The van der Waals surface area contributed by atoms with Crippen molar-refractivity contribution in [3.63, 3.8) is 0 Å². The van der Waals surface area contributed by atoms with Crippen molar-refractivity contribution in [1.29, 1.82) is 0 Å². The lowest BCUT2D eigenvalue weighted by Gasteiger charge is -2.26. The number of hydrogen-bond acceptors (Lipinski definition) is 7. The third kappa shape index (κ3) is 6.21. The van der Waals surface area contributed by atoms with Gasteiger partial charge in [-0.2, -0.15) is 5.10 Å². The summed E-state index contributed by atoms with van der Waals surface area (Å²) in [5.74, 6) is 1.70. The van der Waals surface area contributed by atoms with E-state index in [1.54, 1.807) is 23.9 Å². The lowest BCUT2D eigenvalue weighted by Crippen LogP contribution is -2.37. The molecule has 1 N–H and O–H groups in total. The van der Waals surface area contributed by atoms with E-state index in [4.69, 9.17) is 14.7 Å². The zero-order valence-corrected chi connectivity index (χ0v) is 21.3. The SMILES string of the molecule is CC(Cn1ncc2c(NCc3ccc(F)cc3)nc(SCCN3CCOCC3)nc21)c1ccccc1. The van der Waals surface area contributed by atoms with Gasteiger partial charge in [0.25, 0.3) is 0 Å². The summed E-state index contributed by atoms with van der Waals surface area (Å²) < 4.78 is 20.8. The average molecular weight is 507 g/mol. The van der Waals surface area contributed by atoms with Gasteiger partial charge in [0.05, 0.1) is 24.8 Å². The second kappa shape index (κ2) is 11.8. The maximum atomic E-state index is 13.3. The Kier molecular flexibility index (Phi) is 8.10. The Bertz CT molecular complexity index is 1260. The molecular weight excluding hydrogens is 475 g/mol. The molecule has 7 nitrogen and oxygen atoms in total. The van der Waals surface area contributed by atoms with Crippen LogP contribution in [0.2, 0.25) is 0 Å². The smallest absolute Gasteiger partial charge is 0.191 e. The molecule has 0 aliphatic carbocycles. The average Bonchev–Trinajstić information content (AvgIpc) is 3.32. The van der Waals surface area contributed by atoms with Crippen LogP contribution in [0.4, 0.5) is 10.2 Å². The van der Waals surface area contributed by atoms with Crippen LogP contribution in [0.15, 0.2) is 66.0 Å². The number of fused-ring (bicyclic) bond motifs is 1. The first-order valence-electron chi connectivity index (χ1n) is 12.4. The van der Waals surface area contributed by atoms with E-state index in [2.05, 4.69) is 46.5 Å². The quantitative estimate of drug-likeness (QED) is 0.245. The van der Waals surface area contributed by atoms with E-state index < -0.39 is 0 Å². The Labute approximate surface area is 215 Å². The van der Waals surface area contributed by atoms with Gasteiger partial charge in [0.2, 0.25) is 0 Å². The molecule has 0 radical (unpaired) electrons. The fraction of sp³-hybridized carbons (Fsp3) is 0.370. The lowest BCUT2D eigenvalue weighted by atomic mass is 10.0. The van der Waals surface area contributed by atoms with Crippen LogP contribution in [-0.4, -0.2) is 63.2 Å². The highest BCUT2D eigenvalue weighted by Crippen LogP contribution is 2.27. The van der Waals surface area contributed by atoms with Crippen LogP contribution in [0.25, 0.3) is 11.0 Å². The van der Waals surface area contributed by atoms with Gasteiger partial charge in [-0.25, -0.2) is 19.0 Å². The Hall–Kier alpha value is -3.01. The van der Waals surface area contributed by atoms with Gasteiger partial charge in [-0.05, 0) is 23.3 Å². The number of ether oxygens (including phenoxy) is 1. The largest absolute Gasteiger partial charge is 0.379 e. The van der Waals surface area contributed by atoms with E-state index in [0.29, 0.717) is 6.54 Å². The van der Waals surface area contributed by atoms with Crippen LogP contribution < -0.4 is 5.32 Å². The van der Waals surface area contributed by atoms with Crippen LogP contribution in [-0.2, 0) is 17.8 Å². The summed E-state index contributed by atoms with van der Waals surface area (Å²) in [6.07, 6.45) is 1.84. The molecule has 1 unspecified atom stereocenters. The number of aromatic nitrogens is 4. The number of nitrogens with one attached hydrogen (secondary N) is 1. The Morgan fingerprint density at radius 2 is 1.83 bits per heavy atom. The number of halogens is 1. The molecule has 4 aromatic rings. The number of thioether (sulfide) groups is 1. The highest BCUT2D eigenvalue weighted by Gasteiger charge is 2.17. The first-order chi connectivity index (χ1) is 17.7. The monoisotopic (exact) mass is 506 g/mol. The van der Waals surface area contributed by atoms with E-state index in [1.807, 2.05) is 16.9 Å². The minimum Gasteiger partial charge on any atom is -0.379 e. The molecule has 1 atom stereocenters. The first-order valence-corrected chi connectivity index (χ1v) is 13.3. The maximum Gasteiger partial charge on any atom is 0.191 e. The molecular formula is C27H31FN6OS. The first kappa shape index (κ1) is 24.7. The summed E-state index contributed by atoms with van der Waals surface area (Å²) in [5, 5.41) is 9.72. The highest BCUT2D eigenvalue weighted by molar-refractivity contribution is 7.99.